The third-order valence-corrected chi connectivity index (χ3v) is 8.84. The molecular formula is C24H25FN7O2S2+. The summed E-state index contributed by atoms with van der Waals surface area (Å²) in [5.74, 6) is 0.657. The summed E-state index contributed by atoms with van der Waals surface area (Å²) in [7, 11) is -3.28. The lowest BCUT2D eigenvalue weighted by molar-refractivity contribution is -0.367. The number of nitrogens with zero attached hydrogens (tertiary/aromatic N) is 3. The number of H-pyrrole nitrogens is 2. The van der Waals surface area contributed by atoms with Crippen LogP contribution in [0.15, 0.2) is 48.8 Å². The number of halogens is 1. The van der Waals surface area contributed by atoms with Crippen molar-refractivity contribution in [1.82, 2.24) is 14.9 Å². The number of aromatic amines is 2. The maximum absolute atomic E-state index is 13.7. The van der Waals surface area contributed by atoms with Crippen LogP contribution in [0, 0.1) is 5.82 Å². The SMILES string of the molecule is O=S(=O)(Nc1ccc(NC(=S)N2CCN(c3[nH+]cnc4[nH]c5cc(F)ccc5c34)CC2)cc1)C1CC1. The molecule has 186 valence electrons. The molecule has 0 radical (unpaired) electrons. The Morgan fingerprint density at radius 2 is 1.81 bits per heavy atom. The minimum absolute atomic E-state index is 0.263. The first-order valence-electron chi connectivity index (χ1n) is 11.8. The monoisotopic (exact) mass is 526 g/mol. The van der Waals surface area contributed by atoms with E-state index in [1.807, 2.05) is 12.1 Å². The fourth-order valence-corrected chi connectivity index (χ4v) is 6.24. The number of hydrogen-bond acceptors (Lipinski definition) is 5. The Hall–Kier alpha value is -3.51. The van der Waals surface area contributed by atoms with Gasteiger partial charge in [0.1, 0.15) is 11.2 Å². The van der Waals surface area contributed by atoms with Gasteiger partial charge in [0.2, 0.25) is 27.8 Å². The van der Waals surface area contributed by atoms with Gasteiger partial charge in [0, 0.05) is 16.8 Å². The summed E-state index contributed by atoms with van der Waals surface area (Å²) in [6.07, 6.45) is 3.10. The van der Waals surface area contributed by atoms with Gasteiger partial charge in [-0.1, -0.05) is 4.98 Å². The molecule has 4 aromatic rings. The highest BCUT2D eigenvalue weighted by Gasteiger charge is 2.35. The van der Waals surface area contributed by atoms with E-state index in [1.165, 1.54) is 12.1 Å². The van der Waals surface area contributed by atoms with E-state index in [0.717, 1.165) is 61.3 Å². The average molecular weight is 527 g/mol. The van der Waals surface area contributed by atoms with Crippen molar-refractivity contribution >= 4 is 66.5 Å². The van der Waals surface area contributed by atoms with Gasteiger partial charge in [0.25, 0.3) is 0 Å². The molecule has 4 N–H and O–H groups in total. The zero-order valence-corrected chi connectivity index (χ0v) is 20.9. The Morgan fingerprint density at radius 3 is 2.53 bits per heavy atom. The lowest BCUT2D eigenvalue weighted by atomic mass is 10.2. The van der Waals surface area contributed by atoms with Crippen LogP contribution in [0.5, 0.6) is 0 Å². The van der Waals surface area contributed by atoms with E-state index >= 15 is 0 Å². The van der Waals surface area contributed by atoms with E-state index in [4.69, 9.17) is 12.2 Å². The number of rotatable bonds is 5. The zero-order valence-electron chi connectivity index (χ0n) is 19.3. The summed E-state index contributed by atoms with van der Waals surface area (Å²) >= 11 is 5.64. The predicted molar refractivity (Wildman–Crippen MR) is 142 cm³/mol. The number of anilines is 3. The van der Waals surface area contributed by atoms with Crippen molar-refractivity contribution in [3.8, 4) is 0 Å². The fraction of sp³-hybridized carbons (Fsp3) is 0.292. The summed E-state index contributed by atoms with van der Waals surface area (Å²) in [5.41, 5.74) is 2.78. The van der Waals surface area contributed by atoms with Gasteiger partial charge in [-0.05, 0) is 67.5 Å². The molecule has 12 heteroatoms. The van der Waals surface area contributed by atoms with Crippen LogP contribution in [0.1, 0.15) is 12.8 Å². The van der Waals surface area contributed by atoms with E-state index in [2.05, 4.69) is 34.8 Å². The summed E-state index contributed by atoms with van der Waals surface area (Å²) in [5, 5.41) is 5.47. The van der Waals surface area contributed by atoms with Gasteiger partial charge in [-0.3, -0.25) is 9.62 Å². The number of fused-ring (bicyclic) bond motifs is 3. The molecule has 1 aliphatic carbocycles. The van der Waals surface area contributed by atoms with Gasteiger partial charge < -0.3 is 15.2 Å². The quantitative estimate of drug-likeness (QED) is 0.343. The lowest BCUT2D eigenvalue weighted by Gasteiger charge is -2.34. The van der Waals surface area contributed by atoms with Crippen molar-refractivity contribution in [2.24, 2.45) is 0 Å². The summed E-state index contributed by atoms with van der Waals surface area (Å²) in [6.45, 7) is 2.93. The molecule has 0 atom stereocenters. The largest absolute Gasteiger partial charge is 0.343 e. The van der Waals surface area contributed by atoms with Crippen molar-refractivity contribution in [1.29, 1.82) is 0 Å². The molecule has 2 aromatic heterocycles. The Morgan fingerprint density at radius 1 is 1.08 bits per heavy atom. The smallest absolute Gasteiger partial charge is 0.235 e. The third kappa shape index (κ3) is 4.42. The Bertz CT molecular complexity index is 1560. The minimum Gasteiger partial charge on any atom is -0.343 e. The molecule has 1 aliphatic heterocycles. The number of benzene rings is 2. The molecule has 0 amide bonds. The first-order chi connectivity index (χ1) is 17.4. The highest BCUT2D eigenvalue weighted by Crippen LogP contribution is 2.31. The maximum Gasteiger partial charge on any atom is 0.235 e. The third-order valence-electron chi connectivity index (χ3n) is 6.62. The molecule has 0 spiro atoms. The summed E-state index contributed by atoms with van der Waals surface area (Å²) in [6, 6.07) is 11.8. The summed E-state index contributed by atoms with van der Waals surface area (Å²) in [4.78, 5) is 15.2. The molecule has 3 heterocycles. The van der Waals surface area contributed by atoms with Crippen LogP contribution in [0.4, 0.5) is 21.6 Å². The molecule has 1 saturated carbocycles. The van der Waals surface area contributed by atoms with E-state index < -0.39 is 10.0 Å². The zero-order chi connectivity index (χ0) is 24.9. The number of piperazine rings is 1. The molecule has 9 nitrogen and oxygen atoms in total. The van der Waals surface area contributed by atoms with Gasteiger partial charge in [-0.25, -0.2) is 17.8 Å². The number of hydrogen-bond donors (Lipinski definition) is 3. The lowest BCUT2D eigenvalue weighted by Crippen LogP contribution is -2.51. The van der Waals surface area contributed by atoms with Crippen LogP contribution < -0.4 is 19.9 Å². The topological polar surface area (TPSA) is 108 Å². The van der Waals surface area contributed by atoms with Crippen molar-refractivity contribution in [3.63, 3.8) is 0 Å². The van der Waals surface area contributed by atoms with Crippen LogP contribution in [-0.2, 0) is 10.0 Å². The van der Waals surface area contributed by atoms with Crippen LogP contribution >= 0.6 is 12.2 Å². The fourth-order valence-electron chi connectivity index (χ4n) is 4.55. The molecule has 6 rings (SSSR count). The molecule has 36 heavy (non-hydrogen) atoms. The number of thiocarbonyl (C=S) groups is 1. The minimum atomic E-state index is -3.28. The van der Waals surface area contributed by atoms with E-state index in [9.17, 15) is 12.8 Å². The second-order valence-electron chi connectivity index (χ2n) is 9.12. The average Bonchev–Trinajstić information content (AvgIpc) is 3.67. The van der Waals surface area contributed by atoms with Gasteiger partial charge in [0.05, 0.1) is 36.9 Å². The second-order valence-corrected chi connectivity index (χ2v) is 11.5. The molecular weight excluding hydrogens is 501 g/mol. The Labute approximate surface area is 212 Å². The molecule has 1 saturated heterocycles. The van der Waals surface area contributed by atoms with Crippen molar-refractivity contribution in [2.45, 2.75) is 18.1 Å². The standard InChI is InChI=1S/C24H24FN7O2S2/c25-15-1-8-19-20(13-15)29-22-21(19)23(27-14-26-22)31-9-11-32(12-10-31)24(35)28-16-2-4-17(5-3-16)30-36(33,34)18-6-7-18/h1-5,8,13-14,18,30H,6-7,9-12H2,(H,28,35)(H,26,27,29)/p+1. The second kappa shape index (κ2) is 8.86. The van der Waals surface area contributed by atoms with Crippen LogP contribution in [-0.4, -0.2) is 59.8 Å². The predicted octanol–water partition coefficient (Wildman–Crippen LogP) is 3.09. The normalized spacial score (nSPS) is 16.5. The first-order valence-corrected chi connectivity index (χ1v) is 13.7. The van der Waals surface area contributed by atoms with Gasteiger partial charge in [0.15, 0.2) is 5.11 Å². The van der Waals surface area contributed by atoms with Gasteiger partial charge in [-0.15, -0.1) is 0 Å². The number of aromatic nitrogens is 3. The van der Waals surface area contributed by atoms with Crippen LogP contribution in [0.25, 0.3) is 21.9 Å². The van der Waals surface area contributed by atoms with Crippen molar-refractivity contribution in [3.05, 3.63) is 54.6 Å². The Balaban J connectivity index is 1.11. The molecule has 2 aliphatic rings. The van der Waals surface area contributed by atoms with Crippen LogP contribution in [0.2, 0.25) is 0 Å². The molecule has 2 aromatic carbocycles. The van der Waals surface area contributed by atoms with Crippen molar-refractivity contribution < 1.29 is 17.8 Å². The van der Waals surface area contributed by atoms with E-state index in [0.29, 0.717) is 22.0 Å². The summed E-state index contributed by atoms with van der Waals surface area (Å²) < 4.78 is 40.6. The van der Waals surface area contributed by atoms with E-state index in [-0.39, 0.29) is 11.1 Å². The highest BCUT2D eigenvalue weighted by molar-refractivity contribution is 7.93. The van der Waals surface area contributed by atoms with Gasteiger partial charge >= 0.3 is 0 Å². The van der Waals surface area contributed by atoms with Crippen LogP contribution in [0.3, 0.4) is 0 Å². The molecule has 2 fully saturated rings. The number of sulfonamides is 1. The van der Waals surface area contributed by atoms with Gasteiger partial charge in [-0.2, -0.15) is 0 Å². The van der Waals surface area contributed by atoms with E-state index in [1.54, 1.807) is 24.5 Å². The number of nitrogens with one attached hydrogen (secondary N) is 4. The maximum atomic E-state index is 13.7. The first kappa shape index (κ1) is 22.9. The highest BCUT2D eigenvalue weighted by atomic mass is 32.2. The molecule has 0 bridgehead atoms. The Kier molecular flexibility index (Phi) is 5.64. The molecule has 0 unspecified atom stereocenters. The van der Waals surface area contributed by atoms with Crippen molar-refractivity contribution in [2.75, 3.05) is 41.1 Å².